The van der Waals surface area contributed by atoms with Gasteiger partial charge in [-0.3, -0.25) is 4.98 Å². The number of methoxy groups -OCH3 is 1. The average molecular weight is 393 g/mol. The van der Waals surface area contributed by atoms with Crippen LogP contribution in [0.5, 0.6) is 5.88 Å². The van der Waals surface area contributed by atoms with Gasteiger partial charge in [-0.2, -0.15) is 0 Å². The predicted octanol–water partition coefficient (Wildman–Crippen LogP) is 3.37. The molecule has 0 spiro atoms. The number of hydrogen-bond acceptors (Lipinski definition) is 5. The Morgan fingerprint density at radius 3 is 2.70 bits per heavy atom. The lowest BCUT2D eigenvalue weighted by molar-refractivity contribution is 0.385. The highest BCUT2D eigenvalue weighted by atomic mass is 79.9. The van der Waals surface area contributed by atoms with Crippen LogP contribution < -0.4 is 4.74 Å². The molecule has 118 valence electrons. The van der Waals surface area contributed by atoms with Crippen molar-refractivity contribution < 1.29 is 13.2 Å². The molecule has 0 saturated heterocycles. The van der Waals surface area contributed by atoms with Crippen LogP contribution in [0, 0.1) is 0 Å². The highest BCUT2D eigenvalue weighted by Gasteiger charge is 2.22. The van der Waals surface area contributed by atoms with Gasteiger partial charge in [0.1, 0.15) is 4.90 Å². The molecular formula is C16H13BrN2O3S. The van der Waals surface area contributed by atoms with E-state index < -0.39 is 9.84 Å². The monoisotopic (exact) mass is 392 g/mol. The second-order valence-electron chi connectivity index (χ2n) is 4.96. The molecule has 0 radical (unpaired) electrons. The molecule has 3 rings (SSSR count). The predicted molar refractivity (Wildman–Crippen MR) is 91.1 cm³/mol. The van der Waals surface area contributed by atoms with E-state index >= 15 is 0 Å². The fourth-order valence-electron chi connectivity index (χ4n) is 2.28. The first kappa shape index (κ1) is 15.9. The van der Waals surface area contributed by atoms with Crippen LogP contribution in [0.25, 0.3) is 10.9 Å². The van der Waals surface area contributed by atoms with Gasteiger partial charge in [-0.05, 0) is 39.7 Å². The van der Waals surface area contributed by atoms with E-state index in [0.29, 0.717) is 10.0 Å². The van der Waals surface area contributed by atoms with Gasteiger partial charge >= 0.3 is 0 Å². The fourth-order valence-corrected chi connectivity index (χ4v) is 4.22. The molecule has 2 aromatic heterocycles. The molecule has 0 fully saturated rings. The lowest BCUT2D eigenvalue weighted by Crippen LogP contribution is -2.08. The molecule has 7 heteroatoms. The Balaban J connectivity index is 2.01. The summed E-state index contributed by atoms with van der Waals surface area (Å²) in [4.78, 5) is 8.35. The molecule has 0 saturated carbocycles. The third kappa shape index (κ3) is 3.35. The Bertz CT molecular complexity index is 974. The van der Waals surface area contributed by atoms with Crippen LogP contribution in [0.1, 0.15) is 5.56 Å². The van der Waals surface area contributed by atoms with Crippen molar-refractivity contribution in [1.29, 1.82) is 0 Å². The Morgan fingerprint density at radius 2 is 1.91 bits per heavy atom. The summed E-state index contributed by atoms with van der Waals surface area (Å²) in [7, 11) is -2.21. The molecule has 0 bridgehead atoms. The smallest absolute Gasteiger partial charge is 0.232 e. The molecule has 1 aromatic carbocycles. The van der Waals surface area contributed by atoms with Crippen molar-refractivity contribution in [3.63, 3.8) is 0 Å². The first-order valence-electron chi connectivity index (χ1n) is 6.75. The molecule has 3 aromatic rings. The number of benzene rings is 1. The number of pyridine rings is 2. The van der Waals surface area contributed by atoms with Gasteiger partial charge in [0.05, 0.1) is 18.4 Å². The van der Waals surface area contributed by atoms with Gasteiger partial charge < -0.3 is 4.74 Å². The third-order valence-electron chi connectivity index (χ3n) is 3.32. The Hall–Kier alpha value is -1.99. The summed E-state index contributed by atoms with van der Waals surface area (Å²) >= 11 is 3.24. The first-order chi connectivity index (χ1) is 11.0. The Labute approximate surface area is 142 Å². The second kappa shape index (κ2) is 6.25. The number of sulfone groups is 1. The van der Waals surface area contributed by atoms with Gasteiger partial charge in [-0.1, -0.05) is 18.2 Å². The fraction of sp³-hybridized carbons (Fsp3) is 0.125. The summed E-state index contributed by atoms with van der Waals surface area (Å²) in [6.07, 6.45) is 3.08. The lowest BCUT2D eigenvalue weighted by atomic mass is 10.2. The summed E-state index contributed by atoms with van der Waals surface area (Å²) in [5, 5.41) is 0.902. The number of rotatable bonds is 4. The highest BCUT2D eigenvalue weighted by molar-refractivity contribution is 9.10. The maximum Gasteiger partial charge on any atom is 0.232 e. The van der Waals surface area contributed by atoms with Gasteiger partial charge in [-0.15, -0.1) is 0 Å². The zero-order valence-electron chi connectivity index (χ0n) is 12.2. The number of para-hydroxylation sites is 1. The Kier molecular flexibility index (Phi) is 4.32. The summed E-state index contributed by atoms with van der Waals surface area (Å²) in [5.74, 6) is -0.0822. The van der Waals surface area contributed by atoms with E-state index in [0.717, 1.165) is 10.9 Å². The highest BCUT2D eigenvalue weighted by Crippen LogP contribution is 2.27. The number of aromatic nitrogens is 2. The number of fused-ring (bicyclic) bond motifs is 1. The zero-order chi connectivity index (χ0) is 16.4. The molecule has 0 unspecified atom stereocenters. The van der Waals surface area contributed by atoms with Gasteiger partial charge in [0, 0.05) is 22.3 Å². The standard InChI is InChI=1S/C16H13BrN2O3S/c1-22-16-15(7-13(17)9-19-16)23(20,21)10-11-6-12-4-2-3-5-14(12)18-8-11/h2-9H,10H2,1H3. The summed E-state index contributed by atoms with van der Waals surface area (Å²) in [6, 6.07) is 10.9. The number of ether oxygens (including phenoxy) is 1. The van der Waals surface area contributed by atoms with Crippen LogP contribution in [0.3, 0.4) is 0 Å². The van der Waals surface area contributed by atoms with Crippen LogP contribution in [0.4, 0.5) is 0 Å². The van der Waals surface area contributed by atoms with Crippen molar-refractivity contribution in [2.75, 3.05) is 7.11 Å². The van der Waals surface area contributed by atoms with Crippen molar-refractivity contribution in [2.24, 2.45) is 0 Å². The van der Waals surface area contributed by atoms with Gasteiger partial charge in [0.2, 0.25) is 5.88 Å². The quantitative estimate of drug-likeness (QED) is 0.680. The molecule has 23 heavy (non-hydrogen) atoms. The molecule has 0 amide bonds. The summed E-state index contributed by atoms with van der Waals surface area (Å²) < 4.78 is 31.0. The second-order valence-corrected chi connectivity index (χ2v) is 7.83. The molecule has 0 aliphatic carbocycles. The molecule has 2 heterocycles. The minimum atomic E-state index is -3.60. The van der Waals surface area contributed by atoms with Crippen LogP contribution in [0.2, 0.25) is 0 Å². The van der Waals surface area contributed by atoms with Crippen LogP contribution in [-0.2, 0) is 15.6 Å². The largest absolute Gasteiger partial charge is 0.480 e. The van der Waals surface area contributed by atoms with Crippen LogP contribution in [-0.4, -0.2) is 25.5 Å². The van der Waals surface area contributed by atoms with Gasteiger partial charge in [0.25, 0.3) is 0 Å². The van der Waals surface area contributed by atoms with Crippen molar-refractivity contribution in [2.45, 2.75) is 10.6 Å². The van der Waals surface area contributed by atoms with Crippen molar-refractivity contribution in [3.05, 3.63) is 58.8 Å². The summed E-state index contributed by atoms with van der Waals surface area (Å²) in [5.41, 5.74) is 1.45. The number of halogens is 1. The minimum Gasteiger partial charge on any atom is -0.480 e. The maximum absolute atomic E-state index is 12.7. The Morgan fingerprint density at radius 1 is 1.13 bits per heavy atom. The van der Waals surface area contributed by atoms with E-state index in [2.05, 4.69) is 25.9 Å². The van der Waals surface area contributed by atoms with E-state index in [1.807, 2.05) is 30.3 Å². The number of nitrogens with zero attached hydrogens (tertiary/aromatic N) is 2. The topological polar surface area (TPSA) is 69.2 Å². The minimum absolute atomic E-state index is 0.0579. The van der Waals surface area contributed by atoms with E-state index in [9.17, 15) is 8.42 Å². The molecule has 0 atom stereocenters. The first-order valence-corrected chi connectivity index (χ1v) is 9.20. The number of hydrogen-bond donors (Lipinski definition) is 0. The SMILES string of the molecule is COc1ncc(Br)cc1S(=O)(=O)Cc1cnc2ccccc2c1. The van der Waals surface area contributed by atoms with Gasteiger partial charge in [-0.25, -0.2) is 13.4 Å². The maximum atomic E-state index is 12.7. The molecule has 0 N–H and O–H groups in total. The molecule has 0 aliphatic rings. The van der Waals surface area contributed by atoms with E-state index in [-0.39, 0.29) is 16.5 Å². The van der Waals surface area contributed by atoms with Crippen molar-refractivity contribution >= 4 is 36.7 Å². The normalized spacial score (nSPS) is 11.6. The molecule has 5 nitrogen and oxygen atoms in total. The molecular weight excluding hydrogens is 380 g/mol. The van der Waals surface area contributed by atoms with Crippen molar-refractivity contribution in [1.82, 2.24) is 9.97 Å². The lowest BCUT2D eigenvalue weighted by Gasteiger charge is -2.09. The third-order valence-corrected chi connectivity index (χ3v) is 5.43. The zero-order valence-corrected chi connectivity index (χ0v) is 14.6. The van der Waals surface area contributed by atoms with Crippen LogP contribution in [0.15, 0.2) is 58.2 Å². The van der Waals surface area contributed by atoms with E-state index in [1.54, 1.807) is 6.20 Å². The van der Waals surface area contributed by atoms with Crippen LogP contribution >= 0.6 is 15.9 Å². The van der Waals surface area contributed by atoms with Crippen molar-refractivity contribution in [3.8, 4) is 5.88 Å². The van der Waals surface area contributed by atoms with E-state index in [4.69, 9.17) is 4.74 Å². The van der Waals surface area contributed by atoms with E-state index in [1.165, 1.54) is 19.4 Å². The summed E-state index contributed by atoms with van der Waals surface area (Å²) in [6.45, 7) is 0. The van der Waals surface area contributed by atoms with Gasteiger partial charge in [0.15, 0.2) is 9.84 Å². The average Bonchev–Trinajstić information content (AvgIpc) is 2.54. The molecule has 0 aliphatic heterocycles.